The summed E-state index contributed by atoms with van der Waals surface area (Å²) in [5.41, 5.74) is 0.176. The van der Waals surface area contributed by atoms with Gasteiger partial charge >= 0.3 is 6.18 Å². The van der Waals surface area contributed by atoms with Gasteiger partial charge in [-0.15, -0.1) is 0 Å². The average molecular weight is 444 g/mol. The van der Waals surface area contributed by atoms with Crippen LogP contribution in [0.25, 0.3) is 0 Å². The molecule has 0 radical (unpaired) electrons. The first-order valence-electron chi connectivity index (χ1n) is 9.64. The molecule has 2 aromatic rings. The zero-order valence-electron chi connectivity index (χ0n) is 16.3. The number of pyridine rings is 1. The van der Waals surface area contributed by atoms with Gasteiger partial charge in [-0.3, -0.25) is 9.36 Å². The molecular weight excluding hydrogens is 423 g/mol. The molecule has 2 aliphatic heterocycles. The molecule has 0 N–H and O–H groups in total. The quantitative estimate of drug-likeness (QED) is 0.680. The Labute approximate surface area is 176 Å². The third-order valence-electron chi connectivity index (χ3n) is 5.42. The van der Waals surface area contributed by atoms with E-state index in [1.165, 1.54) is 22.9 Å². The fraction of sp³-hybridized carbons (Fsp3) is 0.526. The number of anilines is 2. The summed E-state index contributed by atoms with van der Waals surface area (Å²) in [7, 11) is 0. The molecule has 30 heavy (non-hydrogen) atoms. The van der Waals surface area contributed by atoms with Gasteiger partial charge < -0.3 is 14.5 Å². The Morgan fingerprint density at radius 1 is 1.30 bits per heavy atom. The van der Waals surface area contributed by atoms with Crippen molar-refractivity contribution in [2.75, 3.05) is 29.6 Å². The number of hydrogen-bond acceptors (Lipinski definition) is 6. The summed E-state index contributed by atoms with van der Waals surface area (Å²) in [6.45, 7) is 3.23. The normalized spacial score (nSPS) is 22.2. The van der Waals surface area contributed by atoms with Crippen molar-refractivity contribution >= 4 is 23.4 Å². The zero-order valence-corrected chi connectivity index (χ0v) is 17.0. The van der Waals surface area contributed by atoms with Crippen molar-refractivity contribution in [1.29, 1.82) is 0 Å². The van der Waals surface area contributed by atoms with Crippen LogP contribution in [0.1, 0.15) is 18.9 Å². The molecule has 2 atom stereocenters. The van der Waals surface area contributed by atoms with Crippen molar-refractivity contribution in [2.24, 2.45) is 0 Å². The summed E-state index contributed by atoms with van der Waals surface area (Å²) >= 11 is 5.80. The maximum atomic E-state index is 13.8. The van der Waals surface area contributed by atoms with Crippen LogP contribution in [0.15, 0.2) is 29.2 Å². The van der Waals surface area contributed by atoms with Gasteiger partial charge in [-0.2, -0.15) is 18.2 Å². The fourth-order valence-corrected chi connectivity index (χ4v) is 4.00. The number of rotatable bonds is 3. The van der Waals surface area contributed by atoms with Gasteiger partial charge in [-0.1, -0.05) is 17.7 Å². The summed E-state index contributed by atoms with van der Waals surface area (Å²) < 4.78 is 48.3. The summed E-state index contributed by atoms with van der Waals surface area (Å²) in [5, 5.41) is 0.253. The van der Waals surface area contributed by atoms with Crippen LogP contribution in [-0.4, -0.2) is 52.6 Å². The highest BCUT2D eigenvalue weighted by atomic mass is 35.5. The molecule has 0 aliphatic carbocycles. The van der Waals surface area contributed by atoms with Gasteiger partial charge in [-0.25, -0.2) is 4.98 Å². The molecule has 4 heterocycles. The lowest BCUT2D eigenvalue weighted by atomic mass is 10.1. The highest BCUT2D eigenvalue weighted by molar-refractivity contribution is 6.29. The van der Waals surface area contributed by atoms with Crippen LogP contribution < -0.4 is 15.4 Å². The molecule has 162 valence electrons. The average Bonchev–Trinajstić information content (AvgIpc) is 2.69. The standard InChI is InChI=1S/C19H21ClF3N5O2/c1-12-11-30-7-6-26(12)16-8-17(29)27-5-4-14(19(21,22)23)28(18(27)25-16)10-13-2-3-15(20)24-9-13/h2-3,8-9,12,14H,4-7,10-11H2,1H3/t12-,14+/m1/s1. The predicted octanol–water partition coefficient (Wildman–Crippen LogP) is 2.86. The van der Waals surface area contributed by atoms with Gasteiger partial charge in [0.1, 0.15) is 17.0 Å². The molecule has 2 aromatic heterocycles. The lowest BCUT2D eigenvalue weighted by Gasteiger charge is -2.40. The fourth-order valence-electron chi connectivity index (χ4n) is 3.89. The Balaban J connectivity index is 1.78. The molecule has 1 saturated heterocycles. The van der Waals surface area contributed by atoms with Crippen LogP contribution >= 0.6 is 11.6 Å². The summed E-state index contributed by atoms with van der Waals surface area (Å²) in [5.74, 6) is 0.379. The van der Waals surface area contributed by atoms with Gasteiger partial charge in [0.15, 0.2) is 0 Å². The Hall–Kier alpha value is -2.33. The highest BCUT2D eigenvalue weighted by Gasteiger charge is 2.47. The van der Waals surface area contributed by atoms with Crippen LogP contribution in [0.4, 0.5) is 24.9 Å². The molecular formula is C19H21ClF3N5O2. The Bertz CT molecular complexity index is 966. The van der Waals surface area contributed by atoms with Crippen LogP contribution in [0, 0.1) is 0 Å². The van der Waals surface area contributed by atoms with Crippen molar-refractivity contribution in [2.45, 2.75) is 44.7 Å². The van der Waals surface area contributed by atoms with Crippen molar-refractivity contribution < 1.29 is 17.9 Å². The number of nitrogens with zero attached hydrogens (tertiary/aromatic N) is 5. The first-order valence-corrected chi connectivity index (χ1v) is 10.0. The van der Waals surface area contributed by atoms with Crippen LogP contribution in [0.3, 0.4) is 0 Å². The summed E-state index contributed by atoms with van der Waals surface area (Å²) in [6, 6.07) is 2.74. The van der Waals surface area contributed by atoms with Crippen LogP contribution in [-0.2, 0) is 17.8 Å². The molecule has 0 aromatic carbocycles. The van der Waals surface area contributed by atoms with E-state index in [2.05, 4.69) is 9.97 Å². The van der Waals surface area contributed by atoms with E-state index in [0.29, 0.717) is 31.1 Å². The minimum absolute atomic E-state index is 0.0136. The first kappa shape index (κ1) is 20.9. The SMILES string of the molecule is C[C@@H]1COCCN1c1cc(=O)n2c(n1)N(Cc1ccc(Cl)nc1)[C@H](C(F)(F)F)CC2. The second-order valence-corrected chi connectivity index (χ2v) is 7.87. The Morgan fingerprint density at radius 2 is 2.10 bits per heavy atom. The molecule has 11 heteroatoms. The third kappa shape index (κ3) is 4.11. The minimum Gasteiger partial charge on any atom is -0.377 e. The number of ether oxygens (including phenoxy) is 1. The molecule has 2 aliphatic rings. The lowest BCUT2D eigenvalue weighted by Crippen LogP contribution is -2.52. The second-order valence-electron chi connectivity index (χ2n) is 7.48. The van der Waals surface area contributed by atoms with Gasteiger partial charge in [0.25, 0.3) is 5.56 Å². The maximum absolute atomic E-state index is 13.8. The molecule has 0 saturated carbocycles. The van der Waals surface area contributed by atoms with E-state index in [9.17, 15) is 18.0 Å². The summed E-state index contributed by atoms with van der Waals surface area (Å²) in [6.07, 6.45) is -3.27. The second kappa shape index (κ2) is 8.07. The predicted molar refractivity (Wildman–Crippen MR) is 106 cm³/mol. The molecule has 0 unspecified atom stereocenters. The van der Waals surface area contributed by atoms with Gasteiger partial charge in [-0.05, 0) is 25.0 Å². The Morgan fingerprint density at radius 3 is 2.77 bits per heavy atom. The largest absolute Gasteiger partial charge is 0.408 e. The lowest BCUT2D eigenvalue weighted by molar-refractivity contribution is -0.153. The van der Waals surface area contributed by atoms with E-state index in [4.69, 9.17) is 16.3 Å². The van der Waals surface area contributed by atoms with E-state index in [1.807, 2.05) is 11.8 Å². The van der Waals surface area contributed by atoms with E-state index in [1.54, 1.807) is 6.07 Å². The van der Waals surface area contributed by atoms with Gasteiger partial charge in [0.2, 0.25) is 5.95 Å². The van der Waals surface area contributed by atoms with E-state index < -0.39 is 12.2 Å². The molecule has 0 amide bonds. The number of fused-ring (bicyclic) bond motifs is 1. The highest BCUT2D eigenvalue weighted by Crippen LogP contribution is 2.35. The van der Waals surface area contributed by atoms with E-state index in [0.717, 1.165) is 4.90 Å². The molecule has 1 fully saturated rings. The monoisotopic (exact) mass is 443 g/mol. The molecule has 0 bridgehead atoms. The smallest absolute Gasteiger partial charge is 0.377 e. The van der Waals surface area contributed by atoms with E-state index >= 15 is 0 Å². The number of halogens is 4. The third-order valence-corrected chi connectivity index (χ3v) is 5.64. The molecule has 7 nitrogen and oxygen atoms in total. The van der Waals surface area contributed by atoms with Gasteiger partial charge in [0, 0.05) is 31.9 Å². The van der Waals surface area contributed by atoms with Crippen LogP contribution in [0.2, 0.25) is 5.15 Å². The minimum atomic E-state index is -4.47. The number of alkyl halides is 3. The topological polar surface area (TPSA) is 63.5 Å². The number of morpholine rings is 1. The number of hydrogen-bond donors (Lipinski definition) is 0. The first-order chi connectivity index (χ1) is 14.2. The van der Waals surface area contributed by atoms with Gasteiger partial charge in [0.05, 0.1) is 19.3 Å². The van der Waals surface area contributed by atoms with Crippen molar-refractivity contribution in [1.82, 2.24) is 14.5 Å². The maximum Gasteiger partial charge on any atom is 0.408 e. The summed E-state index contributed by atoms with van der Waals surface area (Å²) in [4.78, 5) is 24.3. The number of aromatic nitrogens is 3. The van der Waals surface area contributed by atoms with Crippen molar-refractivity contribution in [3.8, 4) is 0 Å². The molecule has 0 spiro atoms. The Kier molecular flexibility index (Phi) is 5.63. The van der Waals surface area contributed by atoms with E-state index in [-0.39, 0.29) is 42.2 Å². The zero-order chi connectivity index (χ0) is 21.5. The van der Waals surface area contributed by atoms with Crippen molar-refractivity contribution in [3.63, 3.8) is 0 Å². The van der Waals surface area contributed by atoms with Crippen molar-refractivity contribution in [3.05, 3.63) is 45.5 Å². The van der Waals surface area contributed by atoms with Crippen LogP contribution in [0.5, 0.6) is 0 Å². The molecule has 4 rings (SSSR count).